The van der Waals surface area contributed by atoms with Crippen LogP contribution in [0.3, 0.4) is 0 Å². The molecule has 0 saturated carbocycles. The van der Waals surface area contributed by atoms with Crippen LogP contribution in [-0.4, -0.2) is 26.9 Å². The van der Waals surface area contributed by atoms with Crippen molar-refractivity contribution in [2.45, 2.75) is 92.0 Å². The lowest BCUT2D eigenvalue weighted by molar-refractivity contribution is -0.133. The van der Waals surface area contributed by atoms with Crippen LogP contribution in [0.5, 0.6) is 0 Å². The molecule has 0 N–H and O–H groups in total. The molecule has 1 heterocycles. The molecule has 194 valence electrons. The van der Waals surface area contributed by atoms with Crippen LogP contribution in [0, 0.1) is 12.8 Å². The number of fused-ring (bicyclic) bond motifs is 1. The van der Waals surface area contributed by atoms with Crippen molar-refractivity contribution in [1.29, 1.82) is 0 Å². The summed E-state index contributed by atoms with van der Waals surface area (Å²) in [6.45, 7) is 11.3. The Morgan fingerprint density at radius 3 is 2.31 bits per heavy atom. The van der Waals surface area contributed by atoms with Crippen molar-refractivity contribution >= 4 is 16.8 Å². The fraction of sp³-hybridized carbons (Fsp3) is 0.516. The number of nitrogens with zero attached hydrogens (tertiary/aromatic N) is 3. The van der Waals surface area contributed by atoms with Crippen molar-refractivity contribution in [2.75, 3.05) is 6.54 Å². The van der Waals surface area contributed by atoms with E-state index in [-0.39, 0.29) is 17.5 Å². The molecule has 0 aliphatic rings. The molecule has 2 aromatic carbocycles. The van der Waals surface area contributed by atoms with E-state index in [4.69, 9.17) is 4.98 Å². The van der Waals surface area contributed by atoms with E-state index in [0.29, 0.717) is 35.6 Å². The topological polar surface area (TPSA) is 55.2 Å². The maximum Gasteiger partial charge on any atom is 0.266 e. The average molecular weight is 490 g/mol. The van der Waals surface area contributed by atoms with Gasteiger partial charge in [-0.15, -0.1) is 0 Å². The van der Waals surface area contributed by atoms with Gasteiger partial charge >= 0.3 is 0 Å². The summed E-state index contributed by atoms with van der Waals surface area (Å²) in [6, 6.07) is 15.1. The third-order valence-electron chi connectivity index (χ3n) is 6.95. The lowest BCUT2D eigenvalue weighted by atomic mass is 10.1. The fourth-order valence-corrected chi connectivity index (χ4v) is 4.64. The number of unbranched alkanes of at least 4 members (excludes halogenated alkanes) is 5. The first kappa shape index (κ1) is 27.6. The first-order chi connectivity index (χ1) is 17.3. The van der Waals surface area contributed by atoms with Crippen molar-refractivity contribution in [3.05, 3.63) is 70.3 Å². The van der Waals surface area contributed by atoms with Crippen LogP contribution in [0.2, 0.25) is 0 Å². The Balaban J connectivity index is 1.98. The average Bonchev–Trinajstić information content (AvgIpc) is 2.86. The zero-order valence-electron chi connectivity index (χ0n) is 22.8. The Morgan fingerprint density at radius 1 is 0.944 bits per heavy atom. The molecule has 0 bridgehead atoms. The highest BCUT2D eigenvalue weighted by Crippen LogP contribution is 2.25. The van der Waals surface area contributed by atoms with Crippen molar-refractivity contribution in [3.8, 4) is 5.69 Å². The molecule has 1 amide bonds. The van der Waals surface area contributed by atoms with E-state index in [1.54, 1.807) is 4.57 Å². The summed E-state index contributed by atoms with van der Waals surface area (Å²) < 4.78 is 1.70. The molecule has 5 nitrogen and oxygen atoms in total. The lowest BCUT2D eigenvalue weighted by Crippen LogP contribution is -2.38. The Hall–Kier alpha value is -2.95. The van der Waals surface area contributed by atoms with Gasteiger partial charge in [-0.05, 0) is 56.9 Å². The molecule has 0 aliphatic heterocycles. The van der Waals surface area contributed by atoms with Gasteiger partial charge in [-0.2, -0.15) is 0 Å². The molecule has 3 rings (SSSR count). The SMILES string of the molecule is CCCCCCCCC(=O)N(CCC(C)C)C(C)c1nc2ccccc2c(=O)n1-c1ccc(C)cc1. The number of aromatic nitrogens is 2. The molecule has 0 aliphatic carbocycles. The molecule has 0 spiro atoms. The van der Waals surface area contributed by atoms with E-state index in [1.165, 1.54) is 25.7 Å². The summed E-state index contributed by atoms with van der Waals surface area (Å²) in [7, 11) is 0. The van der Waals surface area contributed by atoms with E-state index >= 15 is 0 Å². The largest absolute Gasteiger partial charge is 0.333 e. The number of carbonyl (C=O) groups is 1. The van der Waals surface area contributed by atoms with Crippen LogP contribution in [0.4, 0.5) is 0 Å². The van der Waals surface area contributed by atoms with Crippen molar-refractivity contribution < 1.29 is 4.79 Å². The summed E-state index contributed by atoms with van der Waals surface area (Å²) >= 11 is 0. The van der Waals surface area contributed by atoms with E-state index in [9.17, 15) is 9.59 Å². The number of carbonyl (C=O) groups excluding carboxylic acids is 1. The minimum atomic E-state index is -0.324. The molecular formula is C31H43N3O2. The van der Waals surface area contributed by atoms with Crippen LogP contribution in [0.15, 0.2) is 53.3 Å². The number of aryl methyl sites for hydroxylation is 1. The molecule has 5 heteroatoms. The molecule has 0 radical (unpaired) electrons. The van der Waals surface area contributed by atoms with Crippen LogP contribution in [0.1, 0.15) is 96.5 Å². The molecule has 1 unspecified atom stereocenters. The third kappa shape index (κ3) is 7.05. The second-order valence-electron chi connectivity index (χ2n) is 10.4. The van der Waals surface area contributed by atoms with Gasteiger partial charge in [0, 0.05) is 13.0 Å². The van der Waals surface area contributed by atoms with Crippen molar-refractivity contribution in [1.82, 2.24) is 14.5 Å². The number of para-hydroxylation sites is 1. The molecular weight excluding hydrogens is 446 g/mol. The summed E-state index contributed by atoms with van der Waals surface area (Å²) in [5.41, 5.74) is 2.47. The second kappa shape index (κ2) is 13.4. The summed E-state index contributed by atoms with van der Waals surface area (Å²) in [4.78, 5) is 34.1. The number of hydrogen-bond acceptors (Lipinski definition) is 3. The molecule has 0 saturated heterocycles. The summed E-state index contributed by atoms with van der Waals surface area (Å²) in [6.07, 6.45) is 8.34. The zero-order valence-corrected chi connectivity index (χ0v) is 22.8. The predicted molar refractivity (Wildman–Crippen MR) is 150 cm³/mol. The summed E-state index contributed by atoms with van der Waals surface area (Å²) in [5.74, 6) is 1.24. The minimum Gasteiger partial charge on any atom is -0.333 e. The first-order valence-electron chi connectivity index (χ1n) is 13.7. The fourth-order valence-electron chi connectivity index (χ4n) is 4.64. The lowest BCUT2D eigenvalue weighted by Gasteiger charge is -2.31. The predicted octanol–water partition coefficient (Wildman–Crippen LogP) is 7.38. The molecule has 36 heavy (non-hydrogen) atoms. The molecule has 3 aromatic rings. The van der Waals surface area contributed by atoms with E-state index in [1.807, 2.05) is 67.3 Å². The number of amides is 1. The van der Waals surface area contributed by atoms with Gasteiger partial charge in [-0.3, -0.25) is 14.2 Å². The van der Waals surface area contributed by atoms with Gasteiger partial charge in [0.25, 0.3) is 5.56 Å². The van der Waals surface area contributed by atoms with Crippen molar-refractivity contribution in [3.63, 3.8) is 0 Å². The maximum atomic E-state index is 13.7. The Kier molecular flexibility index (Phi) is 10.3. The van der Waals surface area contributed by atoms with Crippen molar-refractivity contribution in [2.24, 2.45) is 5.92 Å². The highest BCUT2D eigenvalue weighted by atomic mass is 16.2. The quantitative estimate of drug-likeness (QED) is 0.235. The second-order valence-corrected chi connectivity index (χ2v) is 10.4. The first-order valence-corrected chi connectivity index (χ1v) is 13.7. The molecule has 1 aromatic heterocycles. The normalized spacial score (nSPS) is 12.3. The Bertz CT molecular complexity index is 1180. The van der Waals surface area contributed by atoms with E-state index in [0.717, 1.165) is 30.5 Å². The number of benzene rings is 2. The highest BCUT2D eigenvalue weighted by Gasteiger charge is 2.26. The van der Waals surface area contributed by atoms with Gasteiger partial charge < -0.3 is 4.90 Å². The van der Waals surface area contributed by atoms with Gasteiger partial charge in [0.05, 0.1) is 22.6 Å². The van der Waals surface area contributed by atoms with Crippen LogP contribution in [0.25, 0.3) is 16.6 Å². The monoisotopic (exact) mass is 489 g/mol. The molecule has 1 atom stereocenters. The highest BCUT2D eigenvalue weighted by molar-refractivity contribution is 5.79. The van der Waals surface area contributed by atoms with Gasteiger partial charge in [0.2, 0.25) is 5.91 Å². The Morgan fingerprint density at radius 2 is 1.61 bits per heavy atom. The van der Waals surface area contributed by atoms with Gasteiger partial charge in [-0.1, -0.05) is 82.7 Å². The van der Waals surface area contributed by atoms with E-state index in [2.05, 4.69) is 20.8 Å². The third-order valence-corrected chi connectivity index (χ3v) is 6.95. The maximum absolute atomic E-state index is 13.7. The van der Waals surface area contributed by atoms with Gasteiger partial charge in [0.15, 0.2) is 0 Å². The minimum absolute atomic E-state index is 0.0986. The number of rotatable bonds is 13. The summed E-state index contributed by atoms with van der Waals surface area (Å²) in [5, 5.41) is 0.584. The van der Waals surface area contributed by atoms with Crippen LogP contribution in [-0.2, 0) is 4.79 Å². The van der Waals surface area contributed by atoms with Gasteiger partial charge in [-0.25, -0.2) is 4.98 Å². The van der Waals surface area contributed by atoms with Gasteiger partial charge in [0.1, 0.15) is 5.82 Å². The zero-order chi connectivity index (χ0) is 26.1. The van der Waals surface area contributed by atoms with E-state index < -0.39 is 0 Å². The Labute approximate surface area is 216 Å². The van der Waals surface area contributed by atoms with Crippen LogP contribution >= 0.6 is 0 Å². The number of hydrogen-bond donors (Lipinski definition) is 0. The van der Waals surface area contributed by atoms with Crippen LogP contribution < -0.4 is 5.56 Å². The standard InChI is InChI=1S/C31H43N3O2/c1-6-7-8-9-10-11-16-29(35)33(22-21-23(2)3)25(5)30-32-28-15-13-12-14-27(28)31(36)34(30)26-19-17-24(4)18-20-26/h12-15,17-20,23,25H,6-11,16,21-22H2,1-5H3. The smallest absolute Gasteiger partial charge is 0.266 e. The molecule has 0 fully saturated rings.